The van der Waals surface area contributed by atoms with Gasteiger partial charge in [-0.25, -0.2) is 4.79 Å². The molecule has 0 atom stereocenters. The van der Waals surface area contributed by atoms with Gasteiger partial charge in [0, 0.05) is 23.4 Å². The lowest BCUT2D eigenvalue weighted by Crippen LogP contribution is -2.22. The molecular weight excluding hydrogens is 298 g/mol. The predicted octanol–water partition coefficient (Wildman–Crippen LogP) is 2.61. The smallest absolute Gasteiger partial charge is 0.338 e. The summed E-state index contributed by atoms with van der Waals surface area (Å²) in [6, 6.07) is 5.08. The summed E-state index contributed by atoms with van der Waals surface area (Å²) in [5.74, 6) is 0.0849. The number of anilines is 1. The van der Waals surface area contributed by atoms with Gasteiger partial charge in [-0.15, -0.1) is 0 Å². The van der Waals surface area contributed by atoms with Crippen molar-refractivity contribution < 1.29 is 14.3 Å². The highest BCUT2D eigenvalue weighted by Gasteiger charge is 2.17. The van der Waals surface area contributed by atoms with Crippen LogP contribution in [0.3, 0.4) is 0 Å². The molecule has 18 heavy (non-hydrogen) atoms. The second kappa shape index (κ2) is 6.20. The van der Waals surface area contributed by atoms with Crippen LogP contribution in [0.15, 0.2) is 22.7 Å². The number of esters is 1. The van der Waals surface area contributed by atoms with Gasteiger partial charge >= 0.3 is 5.97 Å². The summed E-state index contributed by atoms with van der Waals surface area (Å²) in [5.41, 5.74) is 6.71. The van der Waals surface area contributed by atoms with E-state index in [-0.39, 0.29) is 5.97 Å². The summed E-state index contributed by atoms with van der Waals surface area (Å²) in [7, 11) is 0. The predicted molar refractivity (Wildman–Crippen MR) is 72.4 cm³/mol. The van der Waals surface area contributed by atoms with E-state index in [9.17, 15) is 4.79 Å². The quantitative estimate of drug-likeness (QED) is 0.688. The minimum absolute atomic E-state index is 0.325. The monoisotopic (exact) mass is 313 g/mol. The number of carbonyl (C=O) groups excluding carboxylic acids is 1. The number of rotatable bonds is 3. The maximum absolute atomic E-state index is 11.9. The summed E-state index contributed by atoms with van der Waals surface area (Å²) in [5, 5.41) is 0. The minimum Gasteiger partial charge on any atom is -0.462 e. The third-order valence-electron chi connectivity index (χ3n) is 2.95. The standard InChI is InChI=1S/C13H16BrNO3/c14-11-5-10(6-12(15)7-11)13(16)18-8-9-1-3-17-4-2-9/h5-7,9H,1-4,8,15H2. The SMILES string of the molecule is Nc1cc(Br)cc(C(=O)OCC2CCOCC2)c1. The molecule has 1 aliphatic rings. The van der Waals surface area contributed by atoms with E-state index in [2.05, 4.69) is 15.9 Å². The van der Waals surface area contributed by atoms with E-state index in [1.165, 1.54) is 0 Å². The highest BCUT2D eigenvalue weighted by atomic mass is 79.9. The number of nitrogens with two attached hydrogens (primary N) is 1. The molecule has 1 fully saturated rings. The summed E-state index contributed by atoms with van der Waals surface area (Å²) in [6.07, 6.45) is 1.90. The van der Waals surface area contributed by atoms with Crippen LogP contribution in [0.4, 0.5) is 5.69 Å². The van der Waals surface area contributed by atoms with Gasteiger partial charge in [-0.1, -0.05) is 15.9 Å². The van der Waals surface area contributed by atoms with Crippen molar-refractivity contribution in [3.05, 3.63) is 28.2 Å². The van der Waals surface area contributed by atoms with Crippen molar-refractivity contribution in [1.82, 2.24) is 0 Å². The Labute approximate surface area is 115 Å². The highest BCUT2D eigenvalue weighted by molar-refractivity contribution is 9.10. The van der Waals surface area contributed by atoms with E-state index in [4.69, 9.17) is 15.2 Å². The van der Waals surface area contributed by atoms with Crippen LogP contribution in [0.25, 0.3) is 0 Å². The molecule has 0 radical (unpaired) electrons. The van der Waals surface area contributed by atoms with Gasteiger partial charge in [-0.2, -0.15) is 0 Å². The Hall–Kier alpha value is -1.07. The molecule has 0 spiro atoms. The molecule has 1 aromatic carbocycles. The molecule has 0 amide bonds. The Balaban J connectivity index is 1.90. The maximum Gasteiger partial charge on any atom is 0.338 e. The van der Waals surface area contributed by atoms with Crippen molar-refractivity contribution in [2.45, 2.75) is 12.8 Å². The zero-order valence-electron chi connectivity index (χ0n) is 10.0. The third-order valence-corrected chi connectivity index (χ3v) is 3.40. The Morgan fingerprint density at radius 2 is 2.11 bits per heavy atom. The van der Waals surface area contributed by atoms with Gasteiger partial charge in [0.05, 0.1) is 12.2 Å². The fraction of sp³-hybridized carbons (Fsp3) is 0.462. The minimum atomic E-state index is -0.325. The number of nitrogen functional groups attached to an aromatic ring is 1. The topological polar surface area (TPSA) is 61.6 Å². The van der Waals surface area contributed by atoms with E-state index in [0.29, 0.717) is 23.8 Å². The van der Waals surface area contributed by atoms with E-state index >= 15 is 0 Å². The zero-order chi connectivity index (χ0) is 13.0. The van der Waals surface area contributed by atoms with Crippen LogP contribution in [0.1, 0.15) is 23.2 Å². The van der Waals surface area contributed by atoms with Gasteiger partial charge in [0.2, 0.25) is 0 Å². The molecule has 0 bridgehead atoms. The molecule has 1 saturated heterocycles. The van der Waals surface area contributed by atoms with Crippen LogP contribution in [0.5, 0.6) is 0 Å². The van der Waals surface area contributed by atoms with E-state index in [0.717, 1.165) is 30.5 Å². The van der Waals surface area contributed by atoms with Crippen molar-refractivity contribution in [3.63, 3.8) is 0 Å². The molecule has 1 heterocycles. The van der Waals surface area contributed by atoms with Gasteiger partial charge in [-0.05, 0) is 37.0 Å². The lowest BCUT2D eigenvalue weighted by molar-refractivity contribution is 0.0185. The zero-order valence-corrected chi connectivity index (χ0v) is 11.6. The fourth-order valence-electron chi connectivity index (χ4n) is 1.92. The fourth-order valence-corrected chi connectivity index (χ4v) is 2.43. The van der Waals surface area contributed by atoms with Crippen LogP contribution < -0.4 is 5.73 Å². The highest BCUT2D eigenvalue weighted by Crippen LogP contribution is 2.19. The molecule has 98 valence electrons. The number of ether oxygens (including phenoxy) is 2. The molecule has 2 rings (SSSR count). The largest absolute Gasteiger partial charge is 0.462 e. The van der Waals surface area contributed by atoms with Gasteiger partial charge in [0.1, 0.15) is 0 Å². The van der Waals surface area contributed by atoms with E-state index < -0.39 is 0 Å². The van der Waals surface area contributed by atoms with Crippen molar-refractivity contribution in [3.8, 4) is 0 Å². The maximum atomic E-state index is 11.9. The van der Waals surface area contributed by atoms with Crippen molar-refractivity contribution in [1.29, 1.82) is 0 Å². The number of benzene rings is 1. The van der Waals surface area contributed by atoms with Crippen molar-refractivity contribution in [2.75, 3.05) is 25.6 Å². The van der Waals surface area contributed by atoms with E-state index in [1.807, 2.05) is 0 Å². The second-order valence-corrected chi connectivity index (χ2v) is 5.34. The first kappa shape index (κ1) is 13.4. The first-order valence-corrected chi connectivity index (χ1v) is 6.75. The number of hydrogen-bond donors (Lipinski definition) is 1. The normalized spacial score (nSPS) is 16.5. The Morgan fingerprint density at radius 3 is 2.78 bits per heavy atom. The summed E-state index contributed by atoms with van der Waals surface area (Å²) >= 11 is 3.30. The number of hydrogen-bond acceptors (Lipinski definition) is 4. The first-order chi connectivity index (χ1) is 8.65. The molecule has 2 N–H and O–H groups in total. The lowest BCUT2D eigenvalue weighted by atomic mass is 10.0. The molecule has 5 heteroatoms. The van der Waals surface area contributed by atoms with Crippen LogP contribution in [-0.2, 0) is 9.47 Å². The molecular formula is C13H16BrNO3. The molecule has 1 aliphatic heterocycles. The van der Waals surface area contributed by atoms with Crippen LogP contribution in [-0.4, -0.2) is 25.8 Å². The molecule has 0 aromatic heterocycles. The van der Waals surface area contributed by atoms with Crippen LogP contribution in [0.2, 0.25) is 0 Å². The molecule has 1 aromatic rings. The molecule has 4 nitrogen and oxygen atoms in total. The van der Waals surface area contributed by atoms with Gasteiger partial charge in [-0.3, -0.25) is 0 Å². The number of halogens is 1. The average Bonchev–Trinajstić information content (AvgIpc) is 2.36. The average molecular weight is 314 g/mol. The number of carbonyl (C=O) groups is 1. The molecule has 0 aliphatic carbocycles. The van der Waals surface area contributed by atoms with Crippen molar-refractivity contribution >= 4 is 27.6 Å². The van der Waals surface area contributed by atoms with Gasteiger partial charge in [0.15, 0.2) is 0 Å². The van der Waals surface area contributed by atoms with Crippen LogP contribution >= 0.6 is 15.9 Å². The third kappa shape index (κ3) is 3.71. The molecule has 0 unspecified atom stereocenters. The van der Waals surface area contributed by atoms with Gasteiger partial charge in [0.25, 0.3) is 0 Å². The Bertz CT molecular complexity index is 410. The first-order valence-electron chi connectivity index (χ1n) is 5.96. The van der Waals surface area contributed by atoms with E-state index in [1.54, 1.807) is 18.2 Å². The second-order valence-electron chi connectivity index (χ2n) is 4.43. The summed E-state index contributed by atoms with van der Waals surface area (Å²) in [4.78, 5) is 11.9. The summed E-state index contributed by atoms with van der Waals surface area (Å²) < 4.78 is 11.3. The summed E-state index contributed by atoms with van der Waals surface area (Å²) in [6.45, 7) is 1.96. The van der Waals surface area contributed by atoms with Gasteiger partial charge < -0.3 is 15.2 Å². The van der Waals surface area contributed by atoms with Crippen LogP contribution in [0, 0.1) is 5.92 Å². The Morgan fingerprint density at radius 1 is 1.39 bits per heavy atom. The Kier molecular flexibility index (Phi) is 4.60. The lowest BCUT2D eigenvalue weighted by Gasteiger charge is -2.21. The molecule has 0 saturated carbocycles. The van der Waals surface area contributed by atoms with Crippen molar-refractivity contribution in [2.24, 2.45) is 5.92 Å².